The monoisotopic (exact) mass is 348 g/mol. The van der Waals surface area contributed by atoms with Gasteiger partial charge in [0.25, 0.3) is 5.91 Å². The quantitative estimate of drug-likeness (QED) is 0.915. The second-order valence-corrected chi connectivity index (χ2v) is 8.50. The molecule has 0 fully saturated rings. The van der Waals surface area contributed by atoms with Gasteiger partial charge in [-0.2, -0.15) is 0 Å². The van der Waals surface area contributed by atoms with E-state index in [9.17, 15) is 13.2 Å². The van der Waals surface area contributed by atoms with Crippen LogP contribution in [0.15, 0.2) is 34.9 Å². The van der Waals surface area contributed by atoms with Crippen LogP contribution in [0.5, 0.6) is 0 Å². The zero-order valence-corrected chi connectivity index (χ0v) is 14.5. The summed E-state index contributed by atoms with van der Waals surface area (Å²) in [5.41, 5.74) is 2.48. The van der Waals surface area contributed by atoms with Crippen molar-refractivity contribution in [3.8, 4) is 0 Å². The Bertz CT molecular complexity index is 857. The zero-order valence-electron chi connectivity index (χ0n) is 13.7. The van der Waals surface area contributed by atoms with Crippen molar-refractivity contribution < 1.29 is 17.6 Å². The minimum Gasteiger partial charge on any atom is -0.447 e. The lowest BCUT2D eigenvalue weighted by atomic mass is 9.80. The highest BCUT2D eigenvalue weighted by Gasteiger charge is 2.28. The Hall–Kier alpha value is -2.15. The van der Waals surface area contributed by atoms with Gasteiger partial charge in [-0.15, -0.1) is 0 Å². The number of benzene rings is 1. The summed E-state index contributed by atoms with van der Waals surface area (Å²) in [6.45, 7) is 2.11. The van der Waals surface area contributed by atoms with Crippen molar-refractivity contribution >= 4 is 15.7 Å². The van der Waals surface area contributed by atoms with Crippen molar-refractivity contribution in [2.45, 2.75) is 31.6 Å². The summed E-state index contributed by atoms with van der Waals surface area (Å²) >= 11 is 0. The van der Waals surface area contributed by atoms with Crippen molar-refractivity contribution in [1.29, 1.82) is 0 Å². The number of hydrogen-bond acceptors (Lipinski definition) is 5. The SMILES string of the molecule is C[C@@H]1CCc2ccccc2[C@H]1NC(=O)c1coc(CS(C)(=O)=O)n1. The molecule has 1 N–H and O–H groups in total. The molecule has 24 heavy (non-hydrogen) atoms. The molecule has 0 radical (unpaired) electrons. The third-order valence-electron chi connectivity index (χ3n) is 4.28. The minimum absolute atomic E-state index is 0.0275. The lowest BCUT2D eigenvalue weighted by Gasteiger charge is -2.31. The van der Waals surface area contributed by atoms with E-state index >= 15 is 0 Å². The predicted molar refractivity (Wildman–Crippen MR) is 89.2 cm³/mol. The first-order valence-electron chi connectivity index (χ1n) is 7.84. The fourth-order valence-corrected chi connectivity index (χ4v) is 3.64. The highest BCUT2D eigenvalue weighted by molar-refractivity contribution is 7.89. The van der Waals surface area contributed by atoms with E-state index in [0.717, 1.165) is 24.7 Å². The molecule has 3 rings (SSSR count). The number of carbonyl (C=O) groups is 1. The molecule has 1 heterocycles. The summed E-state index contributed by atoms with van der Waals surface area (Å²) in [7, 11) is -3.25. The van der Waals surface area contributed by atoms with Crippen molar-refractivity contribution in [2.24, 2.45) is 5.92 Å². The number of nitrogens with one attached hydrogen (secondary N) is 1. The fraction of sp³-hybridized carbons (Fsp3) is 0.412. The molecular weight excluding hydrogens is 328 g/mol. The molecule has 7 heteroatoms. The van der Waals surface area contributed by atoms with Gasteiger partial charge < -0.3 is 9.73 Å². The van der Waals surface area contributed by atoms with Gasteiger partial charge in [-0.3, -0.25) is 4.79 Å². The smallest absolute Gasteiger partial charge is 0.273 e. The molecule has 0 aliphatic heterocycles. The van der Waals surface area contributed by atoms with Crippen LogP contribution in [-0.4, -0.2) is 25.6 Å². The topological polar surface area (TPSA) is 89.3 Å². The number of aromatic nitrogens is 1. The maximum absolute atomic E-state index is 12.5. The van der Waals surface area contributed by atoms with Crippen LogP contribution in [0.1, 0.15) is 46.9 Å². The number of sulfone groups is 1. The summed E-state index contributed by atoms with van der Waals surface area (Å²) in [6.07, 6.45) is 4.30. The molecular formula is C17H20N2O4S. The largest absolute Gasteiger partial charge is 0.447 e. The molecule has 1 amide bonds. The Morgan fingerprint density at radius 1 is 1.38 bits per heavy atom. The van der Waals surface area contributed by atoms with Gasteiger partial charge in [-0.05, 0) is 29.9 Å². The van der Waals surface area contributed by atoms with Crippen molar-refractivity contribution in [3.05, 3.63) is 53.2 Å². The first kappa shape index (κ1) is 16.7. The molecule has 1 aromatic carbocycles. The molecule has 1 aliphatic carbocycles. The third-order valence-corrected chi connectivity index (χ3v) is 5.06. The van der Waals surface area contributed by atoms with E-state index in [2.05, 4.69) is 23.3 Å². The fourth-order valence-electron chi connectivity index (χ4n) is 3.06. The van der Waals surface area contributed by atoms with Crippen LogP contribution in [0.3, 0.4) is 0 Å². The van der Waals surface area contributed by atoms with E-state index in [-0.39, 0.29) is 29.3 Å². The molecule has 0 saturated heterocycles. The second-order valence-electron chi connectivity index (χ2n) is 6.36. The Balaban J connectivity index is 1.78. The number of carbonyl (C=O) groups excluding carboxylic acids is 1. The summed E-state index contributed by atoms with van der Waals surface area (Å²) < 4.78 is 27.6. The van der Waals surface area contributed by atoms with E-state index < -0.39 is 9.84 Å². The van der Waals surface area contributed by atoms with Crippen LogP contribution < -0.4 is 5.32 Å². The van der Waals surface area contributed by atoms with Crippen LogP contribution >= 0.6 is 0 Å². The van der Waals surface area contributed by atoms with Crippen molar-refractivity contribution in [1.82, 2.24) is 10.3 Å². The Morgan fingerprint density at radius 2 is 2.12 bits per heavy atom. The number of rotatable bonds is 4. The summed E-state index contributed by atoms with van der Waals surface area (Å²) in [4.78, 5) is 16.4. The number of oxazole rings is 1. The van der Waals surface area contributed by atoms with E-state index in [1.807, 2.05) is 18.2 Å². The van der Waals surface area contributed by atoms with Gasteiger partial charge in [0.1, 0.15) is 12.0 Å². The maximum Gasteiger partial charge on any atom is 0.273 e. The molecule has 128 valence electrons. The highest BCUT2D eigenvalue weighted by atomic mass is 32.2. The lowest BCUT2D eigenvalue weighted by Crippen LogP contribution is -2.35. The molecule has 0 bridgehead atoms. The van der Waals surface area contributed by atoms with Gasteiger partial charge in [0.15, 0.2) is 15.5 Å². The summed E-state index contributed by atoms with van der Waals surface area (Å²) in [5, 5.41) is 3.01. The minimum atomic E-state index is -3.25. The van der Waals surface area contributed by atoms with E-state index in [1.54, 1.807) is 0 Å². The Labute approximate surface area is 141 Å². The van der Waals surface area contributed by atoms with E-state index in [0.29, 0.717) is 5.92 Å². The highest BCUT2D eigenvalue weighted by Crippen LogP contribution is 2.34. The van der Waals surface area contributed by atoms with E-state index in [4.69, 9.17) is 4.42 Å². The van der Waals surface area contributed by atoms with Crippen LogP contribution in [0.4, 0.5) is 0 Å². The number of nitrogens with zero attached hydrogens (tertiary/aromatic N) is 1. The molecule has 1 aliphatic rings. The first-order valence-corrected chi connectivity index (χ1v) is 9.90. The van der Waals surface area contributed by atoms with Gasteiger partial charge in [0.05, 0.1) is 6.04 Å². The standard InChI is InChI=1S/C17H20N2O4S/c1-11-7-8-12-5-3-4-6-13(12)16(11)19-17(20)14-9-23-15(18-14)10-24(2,21)22/h3-6,9,11,16H,7-8,10H2,1-2H3,(H,19,20)/t11-,16+/m1/s1. The van der Waals surface area contributed by atoms with Crippen molar-refractivity contribution in [3.63, 3.8) is 0 Å². The summed E-state index contributed by atoms with van der Waals surface area (Å²) in [6, 6.07) is 8.01. The van der Waals surface area contributed by atoms with Gasteiger partial charge in [0, 0.05) is 6.26 Å². The Morgan fingerprint density at radius 3 is 2.88 bits per heavy atom. The zero-order chi connectivity index (χ0) is 17.3. The van der Waals surface area contributed by atoms with Crippen LogP contribution in [0.2, 0.25) is 0 Å². The van der Waals surface area contributed by atoms with Crippen molar-refractivity contribution in [2.75, 3.05) is 6.26 Å². The third kappa shape index (κ3) is 3.67. The van der Waals surface area contributed by atoms with Crippen LogP contribution in [0, 0.1) is 5.92 Å². The maximum atomic E-state index is 12.5. The normalized spacial score (nSPS) is 20.4. The van der Waals surface area contributed by atoms with Crippen LogP contribution in [-0.2, 0) is 22.0 Å². The molecule has 1 aromatic heterocycles. The van der Waals surface area contributed by atoms with Gasteiger partial charge in [0.2, 0.25) is 5.89 Å². The first-order chi connectivity index (χ1) is 11.3. The van der Waals surface area contributed by atoms with E-state index in [1.165, 1.54) is 11.8 Å². The van der Waals surface area contributed by atoms with Gasteiger partial charge in [-0.1, -0.05) is 31.2 Å². The molecule has 0 unspecified atom stereocenters. The van der Waals surface area contributed by atoms with Crippen LogP contribution in [0.25, 0.3) is 0 Å². The molecule has 2 aromatic rings. The lowest BCUT2D eigenvalue weighted by molar-refractivity contribution is 0.0914. The second kappa shape index (κ2) is 6.39. The molecule has 0 spiro atoms. The molecule has 2 atom stereocenters. The number of amides is 1. The summed E-state index contributed by atoms with van der Waals surface area (Å²) in [5.74, 6) is -0.332. The van der Waals surface area contributed by atoms with Gasteiger partial charge >= 0.3 is 0 Å². The van der Waals surface area contributed by atoms with Gasteiger partial charge in [-0.25, -0.2) is 13.4 Å². The predicted octanol–water partition coefficient (Wildman–Crippen LogP) is 2.27. The molecule has 0 saturated carbocycles. The average Bonchev–Trinajstić information content (AvgIpc) is 2.96. The number of hydrogen-bond donors (Lipinski definition) is 1. The Kier molecular flexibility index (Phi) is 4.45. The average molecular weight is 348 g/mol. The number of fused-ring (bicyclic) bond motifs is 1. The number of aryl methyl sites for hydroxylation is 1. The molecule has 6 nitrogen and oxygen atoms in total.